The minimum Gasteiger partial charge on any atom is -0.481 e. The largest absolute Gasteiger partial charge is 0.481 e. The van der Waals surface area contributed by atoms with Crippen molar-refractivity contribution in [3.8, 4) is 11.3 Å². The van der Waals surface area contributed by atoms with Crippen molar-refractivity contribution in [3.05, 3.63) is 71.7 Å². The van der Waals surface area contributed by atoms with Gasteiger partial charge in [0.25, 0.3) is 0 Å². The number of nitrogens with zero attached hydrogens (tertiary/aromatic N) is 2. The van der Waals surface area contributed by atoms with Crippen LogP contribution in [-0.4, -0.2) is 51.5 Å². The van der Waals surface area contributed by atoms with Crippen LogP contribution in [0.5, 0.6) is 0 Å². The molecule has 0 aliphatic rings. The van der Waals surface area contributed by atoms with E-state index in [1.807, 2.05) is 13.8 Å². The topological polar surface area (TPSA) is 130 Å². The van der Waals surface area contributed by atoms with Crippen LogP contribution >= 0.6 is 0 Å². The van der Waals surface area contributed by atoms with Crippen LogP contribution in [-0.2, 0) is 26.8 Å². The molecule has 0 spiro atoms. The third kappa shape index (κ3) is 6.99. The van der Waals surface area contributed by atoms with Gasteiger partial charge in [-0.1, -0.05) is 30.3 Å². The lowest BCUT2D eigenvalue weighted by atomic mass is 10.0. The molecule has 0 amide bonds. The highest BCUT2D eigenvalue weighted by atomic mass is 32.2. The normalized spacial score (nSPS) is 13.6. The highest BCUT2D eigenvalue weighted by Crippen LogP contribution is 2.32. The van der Waals surface area contributed by atoms with E-state index >= 15 is 0 Å². The molecule has 10 heteroatoms. The van der Waals surface area contributed by atoms with E-state index in [4.69, 9.17) is 5.11 Å². The highest BCUT2D eigenvalue weighted by Gasteiger charge is 2.29. The van der Waals surface area contributed by atoms with E-state index in [0.717, 1.165) is 0 Å². The molecule has 3 N–H and O–H groups in total. The van der Waals surface area contributed by atoms with Gasteiger partial charge in [0, 0.05) is 17.3 Å². The van der Waals surface area contributed by atoms with E-state index in [1.165, 1.54) is 24.3 Å². The van der Waals surface area contributed by atoms with E-state index in [2.05, 4.69) is 4.98 Å². The van der Waals surface area contributed by atoms with Gasteiger partial charge in [-0.2, -0.15) is 0 Å². The van der Waals surface area contributed by atoms with Crippen molar-refractivity contribution in [1.29, 1.82) is 0 Å². The monoisotopic (exact) mass is 518 g/mol. The molecular formula is C26H31FN2O6S. The zero-order valence-corrected chi connectivity index (χ0v) is 21.0. The quantitative estimate of drug-likeness (QED) is 0.333. The molecule has 0 saturated carbocycles. The number of hydrogen-bond acceptors (Lipinski definition) is 6. The summed E-state index contributed by atoms with van der Waals surface area (Å²) in [6.45, 7) is 3.66. The Morgan fingerprint density at radius 3 is 2.25 bits per heavy atom. The molecule has 1 aromatic heterocycles. The third-order valence-electron chi connectivity index (χ3n) is 5.76. The SMILES string of the molecule is CC(C)n1c(S(=O)(=O)Cc2ccccc2)nc(-c2ccc(F)cc2)c1CC[C@@H](O)C[C@@H](O)CC(=O)O. The number of hydrogen-bond donors (Lipinski definition) is 3. The molecule has 2 atom stereocenters. The summed E-state index contributed by atoms with van der Waals surface area (Å²) < 4.78 is 42.2. The molecule has 0 fully saturated rings. The molecule has 0 aliphatic heterocycles. The van der Waals surface area contributed by atoms with Crippen LogP contribution in [0.15, 0.2) is 59.8 Å². The molecule has 194 valence electrons. The second kappa shape index (κ2) is 11.8. The average Bonchev–Trinajstić information content (AvgIpc) is 3.19. The van der Waals surface area contributed by atoms with E-state index in [1.54, 1.807) is 34.9 Å². The minimum absolute atomic E-state index is 0.115. The Hall–Kier alpha value is -3.08. The van der Waals surface area contributed by atoms with E-state index in [0.29, 0.717) is 22.5 Å². The summed E-state index contributed by atoms with van der Waals surface area (Å²) >= 11 is 0. The molecule has 1 heterocycles. The highest BCUT2D eigenvalue weighted by molar-refractivity contribution is 7.90. The first-order valence-electron chi connectivity index (χ1n) is 11.7. The number of halogens is 1. The second-order valence-electron chi connectivity index (χ2n) is 9.08. The van der Waals surface area contributed by atoms with Crippen LogP contribution in [0, 0.1) is 5.82 Å². The molecule has 8 nitrogen and oxygen atoms in total. The van der Waals surface area contributed by atoms with Gasteiger partial charge in [0.2, 0.25) is 15.0 Å². The van der Waals surface area contributed by atoms with Crippen molar-refractivity contribution < 1.29 is 32.9 Å². The van der Waals surface area contributed by atoms with Crippen LogP contribution in [0.4, 0.5) is 4.39 Å². The first kappa shape index (κ1) is 27.5. The lowest BCUT2D eigenvalue weighted by molar-refractivity contribution is -0.139. The summed E-state index contributed by atoms with van der Waals surface area (Å²) in [5.41, 5.74) is 2.06. The number of carbonyl (C=O) groups is 1. The Labute approximate surface area is 210 Å². The maximum Gasteiger partial charge on any atom is 0.305 e. The van der Waals surface area contributed by atoms with E-state index < -0.39 is 40.3 Å². The van der Waals surface area contributed by atoms with Crippen LogP contribution < -0.4 is 0 Å². The van der Waals surface area contributed by atoms with Gasteiger partial charge in [0.15, 0.2) is 0 Å². The minimum atomic E-state index is -3.87. The molecule has 0 unspecified atom stereocenters. The number of carboxylic acids is 1. The van der Waals surface area contributed by atoms with Gasteiger partial charge in [-0.25, -0.2) is 17.8 Å². The number of aromatic nitrogens is 2. The first-order valence-corrected chi connectivity index (χ1v) is 13.3. The van der Waals surface area contributed by atoms with Crippen molar-refractivity contribution in [3.63, 3.8) is 0 Å². The predicted octanol–water partition coefficient (Wildman–Crippen LogP) is 3.76. The summed E-state index contributed by atoms with van der Waals surface area (Å²) in [4.78, 5) is 15.3. The fourth-order valence-electron chi connectivity index (χ4n) is 4.15. The van der Waals surface area contributed by atoms with Crippen LogP contribution in [0.1, 0.15) is 50.4 Å². The van der Waals surface area contributed by atoms with Gasteiger partial charge in [-0.3, -0.25) is 4.79 Å². The summed E-state index contributed by atoms with van der Waals surface area (Å²) in [6.07, 6.45) is -2.48. The number of imidazole rings is 1. The van der Waals surface area contributed by atoms with Crippen molar-refractivity contribution in [2.24, 2.45) is 0 Å². The molecule has 0 radical (unpaired) electrons. The number of rotatable bonds is 12. The Bertz CT molecular complexity index is 1270. The molecule has 3 rings (SSSR count). The van der Waals surface area contributed by atoms with Crippen LogP contribution in [0.3, 0.4) is 0 Å². The number of benzene rings is 2. The molecular weight excluding hydrogens is 487 g/mol. The lowest BCUT2D eigenvalue weighted by Gasteiger charge is -2.19. The van der Waals surface area contributed by atoms with Gasteiger partial charge < -0.3 is 19.9 Å². The number of aliphatic hydroxyl groups is 2. The van der Waals surface area contributed by atoms with Gasteiger partial charge in [-0.05, 0) is 62.9 Å². The molecule has 0 saturated heterocycles. The third-order valence-corrected chi connectivity index (χ3v) is 7.32. The molecule has 2 aromatic carbocycles. The van der Waals surface area contributed by atoms with Crippen molar-refractivity contribution in [1.82, 2.24) is 9.55 Å². The Balaban J connectivity index is 2.02. The zero-order chi connectivity index (χ0) is 26.5. The molecule has 3 aromatic rings. The maximum absolute atomic E-state index is 13.6. The smallest absolute Gasteiger partial charge is 0.305 e. The Morgan fingerprint density at radius 1 is 1.03 bits per heavy atom. The number of sulfone groups is 1. The van der Waals surface area contributed by atoms with Crippen molar-refractivity contribution in [2.45, 2.75) is 68.7 Å². The Morgan fingerprint density at radius 2 is 1.67 bits per heavy atom. The van der Waals surface area contributed by atoms with Gasteiger partial charge in [-0.15, -0.1) is 0 Å². The first-order chi connectivity index (χ1) is 17.0. The van der Waals surface area contributed by atoms with Crippen molar-refractivity contribution >= 4 is 15.8 Å². The van der Waals surface area contributed by atoms with E-state index in [-0.39, 0.29) is 36.2 Å². The summed E-state index contributed by atoms with van der Waals surface area (Å²) in [5, 5.41) is 29.0. The molecule has 36 heavy (non-hydrogen) atoms. The fourth-order valence-corrected chi connectivity index (χ4v) is 5.76. The van der Waals surface area contributed by atoms with Gasteiger partial charge >= 0.3 is 5.97 Å². The fraction of sp³-hybridized carbons (Fsp3) is 0.385. The standard InChI is InChI=1S/C26H31FN2O6S/c1-17(2)29-23(13-12-21(30)14-22(31)15-24(32)33)25(19-8-10-20(27)11-9-19)28-26(29)36(34,35)16-18-6-4-3-5-7-18/h3-11,17,21-22,30-31H,12-16H2,1-2H3,(H,32,33)/t21-,22-/m1/s1. The lowest BCUT2D eigenvalue weighted by Crippen LogP contribution is -2.22. The van der Waals surface area contributed by atoms with E-state index in [9.17, 15) is 27.8 Å². The van der Waals surface area contributed by atoms with Gasteiger partial charge in [0.05, 0.1) is 30.1 Å². The molecule has 0 bridgehead atoms. The number of aliphatic hydroxyl groups excluding tert-OH is 2. The number of aliphatic carboxylic acids is 1. The summed E-state index contributed by atoms with van der Waals surface area (Å²) in [7, 11) is -3.87. The average molecular weight is 519 g/mol. The van der Waals surface area contributed by atoms with Crippen molar-refractivity contribution in [2.75, 3.05) is 0 Å². The second-order valence-corrected chi connectivity index (χ2v) is 11.0. The summed E-state index contributed by atoms with van der Waals surface area (Å²) in [6, 6.07) is 14.0. The Kier molecular flexibility index (Phi) is 8.99. The summed E-state index contributed by atoms with van der Waals surface area (Å²) in [5.74, 6) is -1.85. The molecule has 0 aliphatic carbocycles. The van der Waals surface area contributed by atoms with Crippen LogP contribution in [0.2, 0.25) is 0 Å². The van der Waals surface area contributed by atoms with Gasteiger partial charge in [0.1, 0.15) is 5.82 Å². The maximum atomic E-state index is 13.6. The predicted molar refractivity (Wildman–Crippen MR) is 133 cm³/mol. The zero-order valence-electron chi connectivity index (χ0n) is 20.2. The number of carboxylic acid groups (broad SMARTS) is 1. The van der Waals surface area contributed by atoms with Crippen LogP contribution in [0.25, 0.3) is 11.3 Å².